The molecule has 0 spiro atoms. The van der Waals surface area contributed by atoms with Gasteiger partial charge in [0.1, 0.15) is 12.0 Å². The Balaban J connectivity index is 0.000000263. The van der Waals surface area contributed by atoms with Gasteiger partial charge < -0.3 is 15.2 Å². The molecule has 223 valence electrons. The number of ketones is 1. The average molecular weight is 738 g/mol. The molecule has 5 rings (SSSR count). The quantitative estimate of drug-likeness (QED) is 0.261. The predicted octanol–water partition coefficient (Wildman–Crippen LogP) is 7.34. The van der Waals surface area contributed by atoms with Crippen molar-refractivity contribution in [3.63, 3.8) is 0 Å². The van der Waals surface area contributed by atoms with Crippen LogP contribution in [-0.4, -0.2) is 35.3 Å². The van der Waals surface area contributed by atoms with E-state index in [2.05, 4.69) is 37.0 Å². The van der Waals surface area contributed by atoms with Gasteiger partial charge in [-0.2, -0.15) is 5.57 Å². The monoisotopic (exact) mass is 738 g/mol. The molecule has 2 saturated heterocycles. The molecule has 1 aromatic heterocycles. The molecular formula is C32H50IrN2O3S-2. The number of carbonyl (C=O) groups is 1. The number of thiophene rings is 1. The normalized spacial score (nSPS) is 29.7. The van der Waals surface area contributed by atoms with Gasteiger partial charge in [0.05, 0.1) is 6.10 Å². The van der Waals surface area contributed by atoms with Crippen LogP contribution in [0.2, 0.25) is 0 Å². The average Bonchev–Trinajstić information content (AvgIpc) is 3.58. The molecule has 0 bridgehead atoms. The number of rotatable bonds is 9. The number of aliphatic hydroxyl groups is 1. The topological polar surface area (TPSA) is 72.7 Å². The Bertz CT molecular complexity index is 1040. The van der Waals surface area contributed by atoms with Gasteiger partial charge in [-0.25, -0.2) is 6.42 Å². The number of allylic oxidation sites excluding steroid dienone is 1. The number of ether oxygens (including phenoxy) is 1. The molecule has 39 heavy (non-hydrogen) atoms. The van der Waals surface area contributed by atoms with E-state index in [1.807, 2.05) is 25.2 Å². The van der Waals surface area contributed by atoms with Crippen LogP contribution < -0.4 is 5.32 Å². The Hall–Kier alpha value is -0.691. The van der Waals surface area contributed by atoms with Crippen molar-refractivity contribution >= 4 is 17.1 Å². The van der Waals surface area contributed by atoms with Gasteiger partial charge in [-0.05, 0) is 68.0 Å². The number of Topliss-reactive ketones (excluding diaryl/α,β-unsaturated/α-hetero) is 1. The summed E-state index contributed by atoms with van der Waals surface area (Å²) in [5, 5.41) is 20.3. The van der Waals surface area contributed by atoms with E-state index in [1.165, 1.54) is 16.0 Å². The van der Waals surface area contributed by atoms with E-state index < -0.39 is 19.0 Å². The Morgan fingerprint density at radius 1 is 1.23 bits per heavy atom. The van der Waals surface area contributed by atoms with Crippen LogP contribution in [0.1, 0.15) is 107 Å². The van der Waals surface area contributed by atoms with E-state index in [0.717, 1.165) is 63.7 Å². The number of hydrogen-bond donors (Lipinski definition) is 2. The third-order valence-corrected chi connectivity index (χ3v) is 10.3. The van der Waals surface area contributed by atoms with Crippen LogP contribution in [0.25, 0.3) is 5.32 Å². The molecule has 4 heterocycles. The van der Waals surface area contributed by atoms with Crippen molar-refractivity contribution in [3.05, 3.63) is 45.0 Å². The molecule has 6 atom stereocenters. The maximum Gasteiger partial charge on any atom is 0.138 e. The van der Waals surface area contributed by atoms with Gasteiger partial charge in [0.25, 0.3) is 0 Å². The Labute approximate surface area is 258 Å². The zero-order valence-corrected chi connectivity index (χ0v) is 27.3. The van der Waals surface area contributed by atoms with E-state index in [1.54, 1.807) is 0 Å². The van der Waals surface area contributed by atoms with Gasteiger partial charge in [-0.15, -0.1) is 30.3 Å². The summed E-state index contributed by atoms with van der Waals surface area (Å²) < 4.78 is 29.5. The number of hydrogen-bond acceptors (Lipinski definition) is 5. The van der Waals surface area contributed by atoms with Crippen molar-refractivity contribution in [1.82, 2.24) is 5.32 Å². The maximum absolute atomic E-state index is 11.8. The summed E-state index contributed by atoms with van der Waals surface area (Å²) in [6.45, 7) is 7.05. The fraction of sp³-hybridized carbons (Fsp3) is 0.750. The van der Waals surface area contributed by atoms with Crippen LogP contribution >= 0.6 is 11.3 Å². The van der Waals surface area contributed by atoms with Crippen LogP contribution in [0.5, 0.6) is 0 Å². The molecule has 4 aliphatic rings. The molecule has 0 amide bonds. The van der Waals surface area contributed by atoms with Crippen molar-refractivity contribution in [2.75, 3.05) is 0 Å². The molecule has 0 saturated carbocycles. The first-order chi connectivity index (χ1) is 19.6. The Morgan fingerprint density at radius 3 is 2.69 bits per heavy atom. The van der Waals surface area contributed by atoms with Crippen LogP contribution in [0.4, 0.5) is 0 Å². The second-order valence-electron chi connectivity index (χ2n) is 11.5. The van der Waals surface area contributed by atoms with Gasteiger partial charge in [0, 0.05) is 53.4 Å². The van der Waals surface area contributed by atoms with E-state index in [4.69, 9.17) is 14.2 Å². The standard InChI is InChI=1S/C19H24N2OS.C13H26O2.Ir/c1-11-5-6-14-13-3-2-4-15(18(13)22-19(14)21-11)16-9-17-12(10-20-16)7-8-23-17;1-5-10(6-2)12(14)9-13(15)11(7-3)8-4;/h4,7-8,11,13-14,16,19,21H,2-3,5-6,9-10H2,1H3;10-12,14H,5-9H2,1-4H3;/q-2;;/t11-,13+,14?,16-,19+;12-;/m10./s1/i1D3;;. The summed E-state index contributed by atoms with van der Waals surface area (Å²) in [7, 11) is 0. The SMILES string of the molecule is CCC(CC)C(=O)C[C@H](O)C(CC)CC.[2H]C([2H])([2H])[C@@H]1CCC2[C@@H]3CC[CH-]C([C@H]4Cc5sccc5C[N-]4)=C3O[C@@H]2N1.[Ir]. The maximum atomic E-state index is 11.8. The largest absolute Gasteiger partial charge is 0.654 e. The van der Waals surface area contributed by atoms with Gasteiger partial charge >= 0.3 is 0 Å². The molecular weight excluding hydrogens is 685 g/mol. The number of fused-ring (bicyclic) bond motifs is 4. The van der Waals surface area contributed by atoms with E-state index >= 15 is 0 Å². The second kappa shape index (κ2) is 15.5. The predicted molar refractivity (Wildman–Crippen MR) is 157 cm³/mol. The summed E-state index contributed by atoms with van der Waals surface area (Å²) in [6.07, 6.45) is 10.5. The Kier molecular flexibility index (Phi) is 11.3. The number of nitrogens with zero attached hydrogens (tertiary/aromatic N) is 1. The van der Waals surface area contributed by atoms with Crippen LogP contribution in [0.15, 0.2) is 22.8 Å². The smallest absolute Gasteiger partial charge is 0.138 e. The number of nitrogens with one attached hydrogen (secondary N) is 1. The number of piperidine rings is 1. The summed E-state index contributed by atoms with van der Waals surface area (Å²) >= 11 is 1.83. The molecule has 7 heteroatoms. The van der Waals surface area contributed by atoms with E-state index in [9.17, 15) is 9.90 Å². The number of aliphatic hydroxyl groups excluding tert-OH is 1. The van der Waals surface area contributed by atoms with Gasteiger partial charge in [0.15, 0.2) is 0 Å². The molecule has 1 unspecified atom stereocenters. The van der Waals surface area contributed by atoms with Crippen LogP contribution in [0, 0.1) is 30.1 Å². The van der Waals surface area contributed by atoms with Crippen molar-refractivity contribution in [2.45, 2.75) is 130 Å². The second-order valence-corrected chi connectivity index (χ2v) is 12.5. The fourth-order valence-electron chi connectivity index (χ4n) is 6.77. The number of carbonyl (C=O) groups excluding carboxylic acids is 1. The molecule has 1 aliphatic carbocycles. The van der Waals surface area contributed by atoms with Crippen molar-refractivity contribution in [2.24, 2.45) is 23.7 Å². The summed E-state index contributed by atoms with van der Waals surface area (Å²) in [6, 6.07) is 1.92. The summed E-state index contributed by atoms with van der Waals surface area (Å²) in [5.41, 5.74) is 2.63. The first-order valence-electron chi connectivity index (χ1n) is 16.5. The molecule has 3 aliphatic heterocycles. The van der Waals surface area contributed by atoms with Crippen LogP contribution in [0.3, 0.4) is 0 Å². The summed E-state index contributed by atoms with van der Waals surface area (Å²) in [5.74, 6) is 2.58. The van der Waals surface area contributed by atoms with Crippen molar-refractivity contribution < 1.29 is 38.9 Å². The molecule has 2 fully saturated rings. The minimum atomic E-state index is -1.96. The van der Waals surface area contributed by atoms with Crippen LogP contribution in [-0.2, 0) is 42.6 Å². The zero-order chi connectivity index (χ0) is 29.7. The van der Waals surface area contributed by atoms with E-state index in [-0.39, 0.29) is 50.0 Å². The molecule has 5 nitrogen and oxygen atoms in total. The van der Waals surface area contributed by atoms with Gasteiger partial charge in [-0.1, -0.05) is 52.5 Å². The Morgan fingerprint density at radius 2 is 2.00 bits per heavy atom. The van der Waals surface area contributed by atoms with Gasteiger partial charge in [0.2, 0.25) is 0 Å². The fourth-order valence-corrected chi connectivity index (χ4v) is 7.71. The molecule has 1 aromatic rings. The first-order valence-corrected chi connectivity index (χ1v) is 15.9. The minimum absolute atomic E-state index is 0. The minimum Gasteiger partial charge on any atom is -0.654 e. The third-order valence-electron chi connectivity index (χ3n) is 9.28. The van der Waals surface area contributed by atoms with E-state index in [0.29, 0.717) is 24.7 Å². The molecule has 2 N–H and O–H groups in total. The third kappa shape index (κ3) is 7.78. The first kappa shape index (κ1) is 28.4. The van der Waals surface area contributed by atoms with Crippen molar-refractivity contribution in [1.29, 1.82) is 0 Å². The molecule has 1 radical (unpaired) electrons. The van der Waals surface area contributed by atoms with Gasteiger partial charge in [-0.3, -0.25) is 10.1 Å². The van der Waals surface area contributed by atoms with Crippen molar-refractivity contribution in [3.8, 4) is 0 Å². The zero-order valence-electron chi connectivity index (χ0n) is 27.1. The summed E-state index contributed by atoms with van der Waals surface area (Å²) in [4.78, 5) is 13.2. The molecule has 0 aromatic carbocycles.